The number of carbonyl (C=O) groups excluding carboxylic acids is 1. The normalized spacial score (nSPS) is 27.7. The van der Waals surface area contributed by atoms with Crippen LogP contribution in [0.1, 0.15) is 16.8 Å². The molecule has 3 rings (SSSR count). The number of amides is 1. The predicted octanol–water partition coefficient (Wildman–Crippen LogP) is 0.854. The van der Waals surface area contributed by atoms with Crippen LogP contribution in [-0.4, -0.2) is 55.5 Å². The standard InChI is InChI=1S/C12H16N2O3S2/c1-19(16,17)13-6-9-2-4-14(11(9)7-13)12(15)10-3-5-18-8-10/h3,5,8-9,11H,2,4,6-7H2,1H3. The van der Waals surface area contributed by atoms with Crippen LogP contribution in [0, 0.1) is 5.92 Å². The Morgan fingerprint density at radius 3 is 2.84 bits per heavy atom. The Kier molecular flexibility index (Phi) is 3.15. The molecule has 2 fully saturated rings. The van der Waals surface area contributed by atoms with E-state index < -0.39 is 10.0 Å². The van der Waals surface area contributed by atoms with E-state index in [4.69, 9.17) is 0 Å². The van der Waals surface area contributed by atoms with E-state index in [1.54, 1.807) is 0 Å². The highest BCUT2D eigenvalue weighted by Crippen LogP contribution is 2.33. The second kappa shape index (κ2) is 4.57. The van der Waals surface area contributed by atoms with Gasteiger partial charge in [-0.2, -0.15) is 15.6 Å². The molecule has 19 heavy (non-hydrogen) atoms. The van der Waals surface area contributed by atoms with Gasteiger partial charge in [0.15, 0.2) is 0 Å². The average molecular weight is 300 g/mol. The monoisotopic (exact) mass is 300 g/mol. The van der Waals surface area contributed by atoms with Crippen molar-refractivity contribution in [2.75, 3.05) is 25.9 Å². The van der Waals surface area contributed by atoms with E-state index in [0.29, 0.717) is 18.7 Å². The fraction of sp³-hybridized carbons (Fsp3) is 0.583. The number of sulfonamides is 1. The van der Waals surface area contributed by atoms with Gasteiger partial charge in [0.05, 0.1) is 11.8 Å². The summed E-state index contributed by atoms with van der Waals surface area (Å²) in [5.41, 5.74) is 0.712. The van der Waals surface area contributed by atoms with Crippen molar-refractivity contribution in [1.82, 2.24) is 9.21 Å². The molecule has 0 N–H and O–H groups in total. The zero-order valence-corrected chi connectivity index (χ0v) is 12.3. The van der Waals surface area contributed by atoms with Crippen molar-refractivity contribution >= 4 is 27.3 Å². The van der Waals surface area contributed by atoms with Gasteiger partial charge in [0.25, 0.3) is 5.91 Å². The highest BCUT2D eigenvalue weighted by Gasteiger charge is 2.45. The van der Waals surface area contributed by atoms with Crippen LogP contribution in [0.4, 0.5) is 0 Å². The molecule has 0 saturated carbocycles. The zero-order chi connectivity index (χ0) is 13.6. The van der Waals surface area contributed by atoms with Crippen molar-refractivity contribution < 1.29 is 13.2 Å². The third-order valence-corrected chi connectivity index (χ3v) is 5.93. The molecular weight excluding hydrogens is 284 g/mol. The van der Waals surface area contributed by atoms with Crippen LogP contribution in [0.2, 0.25) is 0 Å². The van der Waals surface area contributed by atoms with Crippen LogP contribution in [0.3, 0.4) is 0 Å². The maximum atomic E-state index is 12.4. The molecule has 0 aromatic carbocycles. The molecule has 0 aliphatic carbocycles. The highest BCUT2D eigenvalue weighted by atomic mass is 32.2. The average Bonchev–Trinajstić information content (AvgIpc) is 3.03. The minimum atomic E-state index is -3.15. The number of rotatable bonds is 2. The molecule has 2 aliphatic rings. The summed E-state index contributed by atoms with van der Waals surface area (Å²) in [6.45, 7) is 1.73. The molecule has 0 bridgehead atoms. The molecule has 0 spiro atoms. The number of likely N-dealkylation sites (tertiary alicyclic amines) is 1. The molecule has 2 atom stereocenters. The van der Waals surface area contributed by atoms with Crippen molar-refractivity contribution in [2.24, 2.45) is 5.92 Å². The summed E-state index contributed by atoms with van der Waals surface area (Å²) < 4.78 is 24.7. The molecule has 2 saturated heterocycles. The lowest BCUT2D eigenvalue weighted by Gasteiger charge is -2.24. The van der Waals surface area contributed by atoms with Gasteiger partial charge in [-0.3, -0.25) is 4.79 Å². The third kappa shape index (κ3) is 2.30. The first-order chi connectivity index (χ1) is 8.97. The van der Waals surface area contributed by atoms with E-state index in [1.165, 1.54) is 21.9 Å². The lowest BCUT2D eigenvalue weighted by molar-refractivity contribution is 0.0733. The number of nitrogens with zero attached hydrogens (tertiary/aromatic N) is 2. The van der Waals surface area contributed by atoms with Crippen molar-refractivity contribution in [2.45, 2.75) is 12.5 Å². The molecule has 104 valence electrons. The Morgan fingerprint density at radius 2 is 2.21 bits per heavy atom. The fourth-order valence-electron chi connectivity index (χ4n) is 3.00. The summed E-state index contributed by atoms with van der Waals surface area (Å²) >= 11 is 1.50. The largest absolute Gasteiger partial charge is 0.334 e. The molecule has 3 heterocycles. The summed E-state index contributed by atoms with van der Waals surface area (Å²) in [6, 6.07) is 1.87. The summed E-state index contributed by atoms with van der Waals surface area (Å²) in [4.78, 5) is 14.2. The molecular formula is C12H16N2O3S2. The summed E-state index contributed by atoms with van der Waals surface area (Å²) in [7, 11) is -3.15. The minimum Gasteiger partial charge on any atom is -0.334 e. The predicted molar refractivity (Wildman–Crippen MR) is 73.7 cm³/mol. The summed E-state index contributed by atoms with van der Waals surface area (Å²) in [5, 5.41) is 3.73. The van der Waals surface area contributed by atoms with E-state index in [0.717, 1.165) is 13.0 Å². The van der Waals surface area contributed by atoms with Crippen LogP contribution in [-0.2, 0) is 10.0 Å². The Bertz CT molecular complexity index is 582. The SMILES string of the molecule is CS(=O)(=O)N1CC2CCN(C(=O)c3ccsc3)C2C1. The highest BCUT2D eigenvalue weighted by molar-refractivity contribution is 7.88. The number of carbonyl (C=O) groups is 1. The van der Waals surface area contributed by atoms with Crippen molar-refractivity contribution in [3.63, 3.8) is 0 Å². The first kappa shape index (κ1) is 13.1. The molecule has 2 aliphatic heterocycles. The van der Waals surface area contributed by atoms with Crippen LogP contribution < -0.4 is 0 Å². The smallest absolute Gasteiger partial charge is 0.255 e. The van der Waals surface area contributed by atoms with E-state index in [2.05, 4.69) is 0 Å². The molecule has 1 aromatic rings. The lowest BCUT2D eigenvalue weighted by Crippen LogP contribution is -2.40. The Hall–Kier alpha value is -0.920. The van der Waals surface area contributed by atoms with E-state index in [9.17, 15) is 13.2 Å². The van der Waals surface area contributed by atoms with Crippen LogP contribution in [0.25, 0.3) is 0 Å². The zero-order valence-electron chi connectivity index (χ0n) is 10.7. The molecule has 1 amide bonds. The minimum absolute atomic E-state index is 0.0316. The van der Waals surface area contributed by atoms with E-state index >= 15 is 0 Å². The number of fused-ring (bicyclic) bond motifs is 1. The van der Waals surface area contributed by atoms with Crippen molar-refractivity contribution in [1.29, 1.82) is 0 Å². The second-order valence-corrected chi connectivity index (χ2v) is 7.97. The Morgan fingerprint density at radius 1 is 1.42 bits per heavy atom. The van der Waals surface area contributed by atoms with Gasteiger partial charge in [-0.25, -0.2) is 8.42 Å². The van der Waals surface area contributed by atoms with E-state index in [-0.39, 0.29) is 17.9 Å². The van der Waals surface area contributed by atoms with E-state index in [1.807, 2.05) is 21.7 Å². The molecule has 5 nitrogen and oxygen atoms in total. The van der Waals surface area contributed by atoms with Crippen LogP contribution in [0.15, 0.2) is 16.8 Å². The van der Waals surface area contributed by atoms with Crippen molar-refractivity contribution in [3.05, 3.63) is 22.4 Å². The van der Waals surface area contributed by atoms with Gasteiger partial charge in [0.1, 0.15) is 0 Å². The third-order valence-electron chi connectivity index (χ3n) is 4.01. The topological polar surface area (TPSA) is 57.7 Å². The fourth-order valence-corrected chi connectivity index (χ4v) is 4.51. The quantitative estimate of drug-likeness (QED) is 0.814. The van der Waals surface area contributed by atoms with Crippen LogP contribution >= 0.6 is 11.3 Å². The second-order valence-electron chi connectivity index (χ2n) is 5.21. The van der Waals surface area contributed by atoms with Gasteiger partial charge in [0, 0.05) is 31.1 Å². The summed E-state index contributed by atoms with van der Waals surface area (Å²) in [6.07, 6.45) is 2.13. The number of hydrogen-bond donors (Lipinski definition) is 0. The molecule has 1 aromatic heterocycles. The number of thiophene rings is 1. The van der Waals surface area contributed by atoms with Gasteiger partial charge in [0.2, 0.25) is 10.0 Å². The van der Waals surface area contributed by atoms with Crippen LogP contribution in [0.5, 0.6) is 0 Å². The molecule has 2 unspecified atom stereocenters. The molecule has 0 radical (unpaired) electrons. The Balaban J connectivity index is 1.78. The van der Waals surface area contributed by atoms with Gasteiger partial charge in [-0.05, 0) is 23.8 Å². The lowest BCUT2D eigenvalue weighted by atomic mass is 10.1. The first-order valence-electron chi connectivity index (χ1n) is 6.25. The maximum absolute atomic E-state index is 12.4. The Labute approximate surface area is 116 Å². The van der Waals surface area contributed by atoms with Gasteiger partial charge in [-0.1, -0.05) is 0 Å². The maximum Gasteiger partial charge on any atom is 0.255 e. The van der Waals surface area contributed by atoms with Gasteiger partial charge in [-0.15, -0.1) is 0 Å². The van der Waals surface area contributed by atoms with Crippen molar-refractivity contribution in [3.8, 4) is 0 Å². The number of hydrogen-bond acceptors (Lipinski definition) is 4. The summed E-state index contributed by atoms with van der Waals surface area (Å²) in [5.74, 6) is 0.321. The molecule has 7 heteroatoms. The van der Waals surface area contributed by atoms with Gasteiger partial charge >= 0.3 is 0 Å². The van der Waals surface area contributed by atoms with Gasteiger partial charge < -0.3 is 4.90 Å². The first-order valence-corrected chi connectivity index (χ1v) is 9.04.